The predicted molar refractivity (Wildman–Crippen MR) is 95.8 cm³/mol. The molecular formula is C21H20F4N2O. The van der Waals surface area contributed by atoms with E-state index in [4.69, 9.17) is 0 Å². The zero-order valence-electron chi connectivity index (χ0n) is 15.6. The van der Waals surface area contributed by atoms with Gasteiger partial charge in [-0.2, -0.15) is 13.2 Å². The van der Waals surface area contributed by atoms with Gasteiger partial charge in [-0.15, -0.1) is 0 Å². The van der Waals surface area contributed by atoms with Gasteiger partial charge in [-0.3, -0.25) is 9.69 Å². The van der Waals surface area contributed by atoms with Crippen LogP contribution in [0.4, 0.5) is 17.6 Å². The standard InChI is InChI=1S/C21H20F4N2O/c1-12(2)27-11-18-17(20(27)28)5-13(6-19(18)21(23,24)25)8-26-9-14-3-4-16(22)7-15(14)10-26/h3-7,12H,8-11H2,1-2H3. The maximum absolute atomic E-state index is 13.7. The van der Waals surface area contributed by atoms with Crippen LogP contribution in [-0.4, -0.2) is 21.7 Å². The minimum atomic E-state index is -4.52. The first kappa shape index (κ1) is 18.9. The van der Waals surface area contributed by atoms with Crippen molar-refractivity contribution in [1.82, 2.24) is 9.80 Å². The van der Waals surface area contributed by atoms with Crippen molar-refractivity contribution in [3.8, 4) is 0 Å². The summed E-state index contributed by atoms with van der Waals surface area (Å²) in [5, 5.41) is 0. The molecule has 0 bridgehead atoms. The number of hydrogen-bond donors (Lipinski definition) is 0. The molecule has 2 aliphatic heterocycles. The van der Waals surface area contributed by atoms with Crippen LogP contribution in [-0.2, 0) is 32.4 Å². The zero-order valence-corrected chi connectivity index (χ0v) is 15.6. The molecule has 0 unspecified atom stereocenters. The fourth-order valence-electron chi connectivity index (χ4n) is 4.05. The summed E-state index contributed by atoms with van der Waals surface area (Å²) in [6.45, 7) is 4.84. The lowest BCUT2D eigenvalue weighted by Crippen LogP contribution is -2.30. The van der Waals surface area contributed by atoms with Crippen LogP contribution in [0.2, 0.25) is 0 Å². The molecule has 148 valence electrons. The lowest BCUT2D eigenvalue weighted by atomic mass is 9.98. The van der Waals surface area contributed by atoms with Crippen molar-refractivity contribution in [1.29, 1.82) is 0 Å². The van der Waals surface area contributed by atoms with Crippen LogP contribution in [0.5, 0.6) is 0 Å². The molecule has 0 fully saturated rings. The van der Waals surface area contributed by atoms with E-state index in [1.807, 2.05) is 4.90 Å². The van der Waals surface area contributed by atoms with E-state index in [0.29, 0.717) is 18.7 Å². The van der Waals surface area contributed by atoms with E-state index < -0.39 is 11.7 Å². The quantitative estimate of drug-likeness (QED) is 0.706. The highest BCUT2D eigenvalue weighted by Gasteiger charge is 2.40. The van der Waals surface area contributed by atoms with E-state index in [1.165, 1.54) is 17.0 Å². The summed E-state index contributed by atoms with van der Waals surface area (Å²) in [5.41, 5.74) is 1.72. The van der Waals surface area contributed by atoms with Crippen molar-refractivity contribution >= 4 is 5.91 Å². The highest BCUT2D eigenvalue weighted by atomic mass is 19.4. The molecule has 28 heavy (non-hydrogen) atoms. The number of carbonyl (C=O) groups excluding carboxylic acids is 1. The van der Waals surface area contributed by atoms with E-state index in [1.54, 1.807) is 26.0 Å². The van der Waals surface area contributed by atoms with Crippen LogP contribution >= 0.6 is 0 Å². The van der Waals surface area contributed by atoms with Crippen molar-refractivity contribution in [3.63, 3.8) is 0 Å². The Labute approximate surface area is 160 Å². The second-order valence-electron chi connectivity index (χ2n) is 7.75. The van der Waals surface area contributed by atoms with Gasteiger partial charge in [-0.25, -0.2) is 4.39 Å². The van der Waals surface area contributed by atoms with Crippen LogP contribution in [0.1, 0.15) is 52.0 Å². The Kier molecular flexibility index (Phi) is 4.45. The van der Waals surface area contributed by atoms with Gasteiger partial charge in [0.05, 0.1) is 5.56 Å². The van der Waals surface area contributed by atoms with Gasteiger partial charge in [0.1, 0.15) is 5.82 Å². The van der Waals surface area contributed by atoms with E-state index in [0.717, 1.165) is 17.2 Å². The molecule has 0 saturated carbocycles. The third-order valence-corrected chi connectivity index (χ3v) is 5.42. The fourth-order valence-corrected chi connectivity index (χ4v) is 4.05. The van der Waals surface area contributed by atoms with Crippen LogP contribution in [0.15, 0.2) is 30.3 Å². The highest BCUT2D eigenvalue weighted by Crippen LogP contribution is 2.39. The molecule has 0 spiro atoms. The Hall–Kier alpha value is -2.41. The molecule has 0 atom stereocenters. The third-order valence-electron chi connectivity index (χ3n) is 5.42. The fraction of sp³-hybridized carbons (Fsp3) is 0.381. The van der Waals surface area contributed by atoms with Crippen molar-refractivity contribution in [2.75, 3.05) is 0 Å². The number of amides is 1. The van der Waals surface area contributed by atoms with Gasteiger partial charge in [0, 0.05) is 37.8 Å². The van der Waals surface area contributed by atoms with Crippen LogP contribution < -0.4 is 0 Å². The summed E-state index contributed by atoms with van der Waals surface area (Å²) in [6, 6.07) is 7.12. The number of nitrogens with zero attached hydrogens (tertiary/aromatic N) is 2. The van der Waals surface area contributed by atoms with Crippen LogP contribution in [0.3, 0.4) is 0 Å². The average Bonchev–Trinajstić information content (AvgIpc) is 3.14. The number of fused-ring (bicyclic) bond motifs is 2. The summed E-state index contributed by atoms with van der Waals surface area (Å²) in [6.07, 6.45) is -4.52. The molecule has 4 rings (SSSR count). The van der Waals surface area contributed by atoms with E-state index in [-0.39, 0.29) is 42.0 Å². The molecule has 0 aliphatic carbocycles. The Bertz CT molecular complexity index is 952. The van der Waals surface area contributed by atoms with Gasteiger partial charge in [-0.1, -0.05) is 6.07 Å². The monoisotopic (exact) mass is 392 g/mol. The number of carbonyl (C=O) groups is 1. The van der Waals surface area contributed by atoms with E-state index in [9.17, 15) is 22.4 Å². The molecule has 2 aromatic carbocycles. The molecule has 1 amide bonds. The molecule has 0 N–H and O–H groups in total. The molecule has 7 heteroatoms. The minimum absolute atomic E-state index is 0.0185. The summed E-state index contributed by atoms with van der Waals surface area (Å²) >= 11 is 0. The average molecular weight is 392 g/mol. The lowest BCUT2D eigenvalue weighted by molar-refractivity contribution is -0.138. The smallest absolute Gasteiger partial charge is 0.332 e. The summed E-state index contributed by atoms with van der Waals surface area (Å²) in [5.74, 6) is -0.680. The van der Waals surface area contributed by atoms with E-state index in [2.05, 4.69) is 0 Å². The maximum atomic E-state index is 13.7. The molecular weight excluding hydrogens is 372 g/mol. The van der Waals surface area contributed by atoms with Gasteiger partial charge in [0.15, 0.2) is 0 Å². The molecule has 2 aromatic rings. The molecule has 2 heterocycles. The number of hydrogen-bond acceptors (Lipinski definition) is 2. The number of alkyl halides is 3. The summed E-state index contributed by atoms with van der Waals surface area (Å²) < 4.78 is 54.4. The molecule has 2 aliphatic rings. The van der Waals surface area contributed by atoms with Crippen molar-refractivity contribution in [2.24, 2.45) is 0 Å². The van der Waals surface area contributed by atoms with Crippen LogP contribution in [0, 0.1) is 5.82 Å². The van der Waals surface area contributed by atoms with Crippen LogP contribution in [0.25, 0.3) is 0 Å². The minimum Gasteiger partial charge on any atom is -0.332 e. The molecule has 0 saturated heterocycles. The Morgan fingerprint density at radius 2 is 1.75 bits per heavy atom. The van der Waals surface area contributed by atoms with Gasteiger partial charge < -0.3 is 4.90 Å². The number of benzene rings is 2. The second kappa shape index (κ2) is 6.58. The van der Waals surface area contributed by atoms with Gasteiger partial charge >= 0.3 is 6.18 Å². The number of halogens is 4. The Morgan fingerprint density at radius 3 is 2.43 bits per heavy atom. The van der Waals surface area contributed by atoms with Crippen molar-refractivity contribution in [3.05, 3.63) is 69.5 Å². The lowest BCUT2D eigenvalue weighted by Gasteiger charge is -2.20. The van der Waals surface area contributed by atoms with Gasteiger partial charge in [0.2, 0.25) is 0 Å². The largest absolute Gasteiger partial charge is 0.416 e. The molecule has 3 nitrogen and oxygen atoms in total. The van der Waals surface area contributed by atoms with Crippen molar-refractivity contribution < 1.29 is 22.4 Å². The SMILES string of the molecule is CC(C)N1Cc2c(cc(CN3Cc4ccc(F)cc4C3)cc2C(F)(F)F)C1=O. The van der Waals surface area contributed by atoms with Gasteiger partial charge in [-0.05, 0) is 60.4 Å². The number of rotatable bonds is 3. The van der Waals surface area contributed by atoms with Crippen molar-refractivity contribution in [2.45, 2.75) is 52.2 Å². The first-order chi connectivity index (χ1) is 13.1. The predicted octanol–water partition coefficient (Wildman–Crippen LogP) is 4.72. The topological polar surface area (TPSA) is 23.6 Å². The normalized spacial score (nSPS) is 16.8. The van der Waals surface area contributed by atoms with E-state index >= 15 is 0 Å². The first-order valence-corrected chi connectivity index (χ1v) is 9.17. The maximum Gasteiger partial charge on any atom is 0.416 e. The molecule has 0 aromatic heterocycles. The summed E-state index contributed by atoms with van der Waals surface area (Å²) in [4.78, 5) is 16.0. The summed E-state index contributed by atoms with van der Waals surface area (Å²) in [7, 11) is 0. The first-order valence-electron chi connectivity index (χ1n) is 9.17. The Morgan fingerprint density at radius 1 is 1.04 bits per heavy atom. The Balaban J connectivity index is 1.66. The third kappa shape index (κ3) is 3.28. The zero-order chi connectivity index (χ0) is 20.2. The van der Waals surface area contributed by atoms with Gasteiger partial charge in [0.25, 0.3) is 5.91 Å². The molecule has 0 radical (unpaired) electrons. The highest BCUT2D eigenvalue weighted by molar-refractivity contribution is 5.99. The second-order valence-corrected chi connectivity index (χ2v) is 7.75.